The molecule has 764 valence electrons. The molecule has 0 spiro atoms. The Morgan fingerprint density at radius 1 is 0.547 bits per heavy atom. The molecule has 18 atom stereocenters. The third-order valence-electron chi connectivity index (χ3n) is 23.8. The fraction of sp³-hybridized carbons (Fsp3) is 0.567. The number of aromatic nitrogens is 1. The number of allylic oxidation sites excluding steroid dienone is 2. The smallest absolute Gasteiger partial charge is 0.303 e. The zero-order chi connectivity index (χ0) is 104. The zero-order valence-electron chi connectivity index (χ0n) is 81.7. The predicted molar refractivity (Wildman–Crippen MR) is 515 cm³/mol. The number of primary amides is 2. The van der Waals surface area contributed by atoms with Crippen molar-refractivity contribution >= 4 is 140 Å². The van der Waals surface area contributed by atoms with E-state index >= 15 is 28.8 Å². The molecule has 0 saturated heterocycles. The molecule has 2 heterocycles. The van der Waals surface area contributed by atoms with Gasteiger partial charge in [0.25, 0.3) is 0 Å². The molecule has 139 heavy (non-hydrogen) atoms. The lowest BCUT2D eigenvalue weighted by Crippen LogP contribution is -2.65. The molecule has 42 heteroatoms. The Morgan fingerprint density at radius 2 is 1.12 bits per heavy atom. The van der Waals surface area contributed by atoms with E-state index in [-0.39, 0.29) is 82.0 Å². The van der Waals surface area contributed by atoms with Gasteiger partial charge in [-0.1, -0.05) is 126 Å². The van der Waals surface area contributed by atoms with E-state index in [4.69, 9.17) is 23.1 Å². The normalized spacial score (nSPS) is 22.0. The topological polar surface area (TPSA) is 650 Å². The fourth-order valence-electron chi connectivity index (χ4n) is 15.4. The summed E-state index contributed by atoms with van der Waals surface area (Å²) in [5.74, 6) is -21.8. The van der Waals surface area contributed by atoms with E-state index in [9.17, 15) is 82.4 Å². The van der Waals surface area contributed by atoms with Crippen molar-refractivity contribution in [2.75, 3.05) is 13.1 Å². The number of halogens is 1. The number of carboxylic acid groups (broad SMARTS) is 1. The van der Waals surface area contributed by atoms with Gasteiger partial charge in [-0.2, -0.15) is 0 Å². The van der Waals surface area contributed by atoms with Crippen LogP contribution in [0.4, 0.5) is 0 Å². The Balaban J connectivity index is 1.60. The van der Waals surface area contributed by atoms with Gasteiger partial charge in [0.15, 0.2) is 0 Å². The average molecular weight is 1960 g/mol. The molecule has 4 unspecified atom stereocenters. The van der Waals surface area contributed by atoms with E-state index in [1.807, 2.05) is 12.2 Å². The van der Waals surface area contributed by atoms with Gasteiger partial charge in [-0.3, -0.25) is 95.9 Å². The van der Waals surface area contributed by atoms with Gasteiger partial charge in [0.05, 0.1) is 36.2 Å². The van der Waals surface area contributed by atoms with Gasteiger partial charge >= 0.3 is 5.97 Å². The van der Waals surface area contributed by atoms with Gasteiger partial charge in [0.1, 0.15) is 71.2 Å². The third-order valence-corrected chi connectivity index (χ3v) is 24.1. The number of aliphatic hydroxyl groups excluding tert-OH is 1. The largest absolute Gasteiger partial charge is 0.508 e. The first-order valence-electron chi connectivity index (χ1n) is 47.0. The summed E-state index contributed by atoms with van der Waals surface area (Å²) >= 11 is 6.39. The highest BCUT2D eigenvalue weighted by Gasteiger charge is 2.44. The number of nitrogens with two attached hydrogens (primary N) is 2. The lowest BCUT2D eigenvalue weighted by atomic mass is 9.89. The number of H-pyrrole nitrogens is 1. The van der Waals surface area contributed by atoms with Crippen molar-refractivity contribution in [2.45, 2.75) is 315 Å². The molecule has 0 saturated carbocycles. The van der Waals surface area contributed by atoms with Crippen LogP contribution >= 0.6 is 11.6 Å². The number of aromatic amines is 1. The number of rotatable bonds is 39. The lowest BCUT2D eigenvalue weighted by Gasteiger charge is -2.34. The molecule has 0 aliphatic carbocycles. The van der Waals surface area contributed by atoms with Crippen LogP contribution in [-0.2, 0) is 115 Å². The maximum absolute atomic E-state index is 15.6. The Kier molecular flexibility index (Phi) is 47.2. The number of nitrogens with one attached hydrogen (secondary N) is 16. The quantitative estimate of drug-likeness (QED) is 0.0222. The second-order valence-electron chi connectivity index (χ2n) is 37.3. The number of hydrogen-bond acceptors (Lipinski definition) is 24. The standard InChI is InChI=1S/C97H141ClN18O23/c1-51(2)42-65-50-102-69(36-38-76(99)120)82(126)81(125)56(8)105-89(133)75(46-64-49-103-71-47-66(98)32-35-68(64)71)111-90(134)73(45-63-30-33-67(119)34-31-63)110-88(132)70(37-39-77(121)122)113-95(139)97(15,116-92(136)74(44-62-28-24-23-25-29-62)112-93(137)78(60(12)117)114-91(135)72(43-52(3)4)109-61(13)118)41-27-22-20-18-16-17-19-21-26-40-96(14,115-87(65)131)94(138)108-59(11)86(130)107-58(10)85(129)106-57(9)84(128)104-55(7)80(124)79(123)54(6)101-48-53(5)83(100)127/h17,19,23-25,28-35,47,49,51-60,65,69-70,72-75,78,101-103,117,119H,16,18,20-22,26-27,36-46,48,50H2,1-15H3,(H2,99,120)(H2,100,127)(H,104,128)(H,105,133)(H,106,129)(H,107,130)(H,108,138)(H,109,118)(H,110,132)(H,111,134)(H,112,137)(H,113,139)(H,114,135)(H,115,131)(H,116,136)(H,121,122)/b19-17+/t53-,54-,55-,56?,57?,58-,59?,60+,65+,69-,70-,72-,73?,74-,75-,78-,96-,97+/m0/s1. The van der Waals surface area contributed by atoms with E-state index in [1.165, 1.54) is 107 Å². The molecule has 1 aromatic heterocycles. The molecular formula is C97H141ClN18O23. The summed E-state index contributed by atoms with van der Waals surface area (Å²) in [6.45, 7) is 21.2. The number of Topliss-reactive ketones (excluding diaryl/α,β-unsaturated/α-hetero) is 4. The van der Waals surface area contributed by atoms with Gasteiger partial charge in [-0.05, 0) is 179 Å². The summed E-state index contributed by atoms with van der Waals surface area (Å²) in [5.41, 5.74) is 8.64. The van der Waals surface area contributed by atoms with E-state index in [1.54, 1.807) is 76.2 Å². The summed E-state index contributed by atoms with van der Waals surface area (Å²) in [6.07, 6.45) is 2.66. The summed E-state index contributed by atoms with van der Waals surface area (Å²) in [5, 5.41) is 72.1. The van der Waals surface area contributed by atoms with E-state index in [2.05, 4.69) is 84.7 Å². The number of phenolic OH excluding ortho intramolecular Hbond substituents is 1. The molecule has 4 aromatic rings. The van der Waals surface area contributed by atoms with Crippen LogP contribution < -0.4 is 91.2 Å². The number of aliphatic carboxylic acids is 1. The van der Waals surface area contributed by atoms with Gasteiger partial charge in [0, 0.05) is 80.2 Å². The van der Waals surface area contributed by atoms with E-state index < -0.39 is 257 Å². The molecule has 1 aliphatic heterocycles. The number of ketones is 4. The van der Waals surface area contributed by atoms with Crippen LogP contribution in [0.15, 0.2) is 91.1 Å². The first-order valence-corrected chi connectivity index (χ1v) is 47.4. The zero-order valence-corrected chi connectivity index (χ0v) is 82.5. The maximum atomic E-state index is 15.6. The van der Waals surface area contributed by atoms with Gasteiger partial charge < -0.3 is 112 Å². The number of aliphatic hydroxyl groups is 1. The number of phenols is 1. The summed E-state index contributed by atoms with van der Waals surface area (Å²) in [6, 6.07) is -1.21. The first kappa shape index (κ1) is 117. The third kappa shape index (κ3) is 38.8. The Labute approximate surface area is 814 Å². The van der Waals surface area contributed by atoms with Crippen molar-refractivity contribution in [1.82, 2.24) is 84.7 Å². The minimum Gasteiger partial charge on any atom is -0.508 e. The molecule has 15 amide bonds. The van der Waals surface area contributed by atoms with Crippen LogP contribution in [0.3, 0.4) is 0 Å². The second-order valence-corrected chi connectivity index (χ2v) is 37.7. The first-order chi connectivity index (χ1) is 65.2. The van der Waals surface area contributed by atoms with Crippen molar-refractivity contribution in [3.63, 3.8) is 0 Å². The highest BCUT2D eigenvalue weighted by Crippen LogP contribution is 2.27. The molecule has 5 rings (SSSR count). The average Bonchev–Trinajstić information content (AvgIpc) is 1.80. The van der Waals surface area contributed by atoms with Gasteiger partial charge in [-0.25, -0.2) is 0 Å². The van der Waals surface area contributed by atoms with E-state index in [0.29, 0.717) is 64.7 Å². The van der Waals surface area contributed by atoms with Crippen LogP contribution in [0.1, 0.15) is 217 Å². The molecule has 1 aliphatic rings. The Bertz CT molecular complexity index is 5030. The lowest BCUT2D eigenvalue weighted by molar-refractivity contribution is -0.140. The van der Waals surface area contributed by atoms with Crippen molar-refractivity contribution < 1.29 is 111 Å². The Hall–Kier alpha value is -12.9. The van der Waals surface area contributed by atoms with E-state index in [0.717, 1.165) is 0 Å². The van der Waals surface area contributed by atoms with Crippen molar-refractivity contribution in [1.29, 1.82) is 0 Å². The number of carbonyl (C=O) groups is 20. The molecule has 41 nitrogen and oxygen atoms in total. The maximum Gasteiger partial charge on any atom is 0.303 e. The highest BCUT2D eigenvalue weighted by molar-refractivity contribution is 6.41. The molecule has 0 fully saturated rings. The number of benzene rings is 3. The second kappa shape index (κ2) is 56.2. The number of hydrogen-bond donors (Lipinski definition) is 21. The predicted octanol–water partition coefficient (Wildman–Crippen LogP) is 1.39. The monoisotopic (exact) mass is 1960 g/mol. The summed E-state index contributed by atoms with van der Waals surface area (Å²) in [4.78, 5) is 284. The van der Waals surface area contributed by atoms with Crippen molar-refractivity contribution in [3.05, 3.63) is 113 Å². The number of fused-ring (bicyclic) bond motifs is 1. The molecule has 3 aromatic carbocycles. The molecular weight excluding hydrogens is 1820 g/mol. The van der Waals surface area contributed by atoms with Crippen LogP contribution in [0.25, 0.3) is 10.9 Å². The van der Waals surface area contributed by atoms with Crippen LogP contribution in [0, 0.1) is 23.7 Å². The molecule has 23 N–H and O–H groups in total. The van der Waals surface area contributed by atoms with Crippen LogP contribution in [0.2, 0.25) is 5.02 Å². The SMILES string of the molecule is CC(=O)N[C@@H](CC(C)C)C(=O)N[C@H](C(=O)N[C@@H](Cc1ccccc1)C(=O)N[C@]1(C)CCCCCC/C=C/CCC[C@@](C)(C(=O)NC(C)C(=O)N[C@@H](C)C(=O)NC(C)C(=O)N[C@@H](C)C(=O)C(=O)[C@H](C)NC[C@H](C)C(N)=O)NC(=O)[C@H](CC(C)C)CN[C@@H](CCC(N)=O)C(=O)C(=O)C(C)NC(=O)[C@H](Cc2c[nH]c3cc(Cl)ccc23)NC(=O)C(Cc2ccc(O)cc2)NC(=O)[C@H](CCC(=O)O)NC1=O)[C@@H](C)O. The molecule has 0 radical (unpaired) electrons. The number of carbonyl (C=O) groups excluding carboxylic acids is 19. The summed E-state index contributed by atoms with van der Waals surface area (Å²) in [7, 11) is 0. The minimum absolute atomic E-state index is 0.00593. The van der Waals surface area contributed by atoms with Crippen LogP contribution in [0.5, 0.6) is 5.75 Å². The van der Waals surface area contributed by atoms with Gasteiger partial charge in [-0.15, -0.1) is 0 Å². The fourth-order valence-corrected chi connectivity index (χ4v) is 15.6. The van der Waals surface area contributed by atoms with Crippen molar-refractivity contribution in [2.24, 2.45) is 35.1 Å². The highest BCUT2D eigenvalue weighted by atomic mass is 35.5. The Morgan fingerprint density at radius 3 is 1.70 bits per heavy atom. The van der Waals surface area contributed by atoms with Crippen LogP contribution in [-0.4, -0.2) is 247 Å². The summed E-state index contributed by atoms with van der Waals surface area (Å²) < 4.78 is 0. The number of amides is 15. The number of carboxylic acids is 1. The molecule has 0 bridgehead atoms. The number of aromatic hydroxyl groups is 1. The minimum atomic E-state index is -2.09. The van der Waals surface area contributed by atoms with Crippen molar-refractivity contribution in [3.8, 4) is 5.75 Å². The van der Waals surface area contributed by atoms with Gasteiger partial charge in [0.2, 0.25) is 112 Å².